The Morgan fingerprint density at radius 3 is 2.58 bits per heavy atom. The third-order valence-electron chi connectivity index (χ3n) is 2.78. The second-order valence-corrected chi connectivity index (χ2v) is 5.52. The minimum Gasteiger partial charge on any atom is -0.480 e. The maximum absolute atomic E-state index is 12.1. The molecule has 0 spiro atoms. The number of amides is 2. The van der Waals surface area contributed by atoms with Crippen LogP contribution in [0.3, 0.4) is 0 Å². The van der Waals surface area contributed by atoms with Crippen LogP contribution >= 0.6 is 11.3 Å². The topological polar surface area (TPSA) is 69.6 Å². The molecular weight excluding hydrogens is 264 g/mol. The maximum Gasteiger partial charge on any atom is 0.323 e. The molecule has 6 heteroatoms. The Labute approximate surface area is 117 Å². The number of aliphatic carboxylic acids is 1. The van der Waals surface area contributed by atoms with Gasteiger partial charge in [-0.05, 0) is 31.7 Å². The molecule has 19 heavy (non-hydrogen) atoms. The quantitative estimate of drug-likeness (QED) is 0.844. The molecule has 0 radical (unpaired) electrons. The fourth-order valence-corrected chi connectivity index (χ4v) is 2.59. The van der Waals surface area contributed by atoms with E-state index < -0.39 is 5.97 Å². The van der Waals surface area contributed by atoms with Gasteiger partial charge in [-0.2, -0.15) is 0 Å². The molecular formula is C13H20N2O3S. The van der Waals surface area contributed by atoms with Crippen LogP contribution in [0, 0.1) is 0 Å². The largest absolute Gasteiger partial charge is 0.480 e. The first-order chi connectivity index (χ1) is 8.95. The Kier molecular flexibility index (Phi) is 5.82. The molecule has 2 amide bonds. The van der Waals surface area contributed by atoms with Crippen molar-refractivity contribution < 1.29 is 14.7 Å². The van der Waals surface area contributed by atoms with Crippen molar-refractivity contribution in [2.75, 3.05) is 6.54 Å². The van der Waals surface area contributed by atoms with Gasteiger partial charge in [-0.25, -0.2) is 4.79 Å². The number of carboxylic acids is 1. The summed E-state index contributed by atoms with van der Waals surface area (Å²) in [6, 6.07) is 3.35. The van der Waals surface area contributed by atoms with E-state index in [-0.39, 0.29) is 24.7 Å². The van der Waals surface area contributed by atoms with Crippen LogP contribution < -0.4 is 5.32 Å². The molecule has 1 aromatic rings. The van der Waals surface area contributed by atoms with E-state index in [0.717, 1.165) is 11.3 Å². The molecule has 2 N–H and O–H groups in total. The highest BCUT2D eigenvalue weighted by atomic mass is 32.1. The van der Waals surface area contributed by atoms with Gasteiger partial charge in [0, 0.05) is 10.9 Å². The Morgan fingerprint density at radius 2 is 2.16 bits per heavy atom. The summed E-state index contributed by atoms with van der Waals surface area (Å²) in [7, 11) is 0. The first-order valence-corrected chi connectivity index (χ1v) is 7.16. The van der Waals surface area contributed by atoms with Crippen LogP contribution in [0.5, 0.6) is 0 Å². The lowest BCUT2D eigenvalue weighted by atomic mass is 10.2. The monoisotopic (exact) mass is 284 g/mol. The van der Waals surface area contributed by atoms with Crippen LogP contribution in [0.25, 0.3) is 0 Å². The standard InChI is InChI=1S/C13H20N2O3S/c1-4-10(11-6-5-7-19-11)14-13(18)15(9(2)3)8-12(16)17/h5-7,9-10H,4,8H2,1-3H3,(H,14,18)(H,16,17). The summed E-state index contributed by atoms with van der Waals surface area (Å²) in [4.78, 5) is 25.3. The van der Waals surface area contributed by atoms with E-state index in [1.165, 1.54) is 4.90 Å². The van der Waals surface area contributed by atoms with E-state index in [1.807, 2.05) is 24.4 Å². The molecule has 0 aliphatic carbocycles. The lowest BCUT2D eigenvalue weighted by Gasteiger charge is -2.27. The van der Waals surface area contributed by atoms with Crippen molar-refractivity contribution in [1.29, 1.82) is 0 Å². The molecule has 5 nitrogen and oxygen atoms in total. The maximum atomic E-state index is 12.1. The number of rotatable bonds is 6. The first kappa shape index (κ1) is 15.5. The zero-order valence-corrected chi connectivity index (χ0v) is 12.2. The summed E-state index contributed by atoms with van der Waals surface area (Å²) in [5, 5.41) is 13.7. The predicted octanol–water partition coefficient (Wildman–Crippen LogP) is 2.70. The normalized spacial score (nSPS) is 12.2. The van der Waals surface area contributed by atoms with E-state index in [1.54, 1.807) is 25.2 Å². The fourth-order valence-electron chi connectivity index (χ4n) is 1.73. The second kappa shape index (κ2) is 7.13. The molecule has 0 aliphatic rings. The van der Waals surface area contributed by atoms with Gasteiger partial charge < -0.3 is 15.3 Å². The van der Waals surface area contributed by atoms with E-state index in [4.69, 9.17) is 5.11 Å². The van der Waals surface area contributed by atoms with Crippen LogP contribution in [-0.2, 0) is 4.79 Å². The summed E-state index contributed by atoms with van der Waals surface area (Å²) in [5.41, 5.74) is 0. The number of hydrogen-bond acceptors (Lipinski definition) is 3. The number of carboxylic acid groups (broad SMARTS) is 1. The Bertz CT molecular complexity index is 418. The van der Waals surface area contributed by atoms with Crippen molar-refractivity contribution >= 4 is 23.3 Å². The highest BCUT2D eigenvalue weighted by Crippen LogP contribution is 2.22. The molecule has 1 heterocycles. The molecule has 0 saturated heterocycles. The van der Waals surface area contributed by atoms with Crippen LogP contribution in [0.4, 0.5) is 4.79 Å². The average Bonchev–Trinajstić information content (AvgIpc) is 2.85. The van der Waals surface area contributed by atoms with Gasteiger partial charge in [0.25, 0.3) is 0 Å². The summed E-state index contributed by atoms with van der Waals surface area (Å²) in [5.74, 6) is -1.01. The van der Waals surface area contributed by atoms with Crippen molar-refractivity contribution in [3.8, 4) is 0 Å². The summed E-state index contributed by atoms with van der Waals surface area (Å²) in [6.45, 7) is 5.30. The molecule has 0 bridgehead atoms. The zero-order chi connectivity index (χ0) is 14.4. The van der Waals surface area contributed by atoms with Crippen molar-refractivity contribution in [2.24, 2.45) is 0 Å². The molecule has 0 saturated carbocycles. The first-order valence-electron chi connectivity index (χ1n) is 6.28. The van der Waals surface area contributed by atoms with Crippen LogP contribution in [0.15, 0.2) is 17.5 Å². The minimum atomic E-state index is -1.01. The Morgan fingerprint density at radius 1 is 1.47 bits per heavy atom. The minimum absolute atomic E-state index is 0.0671. The smallest absolute Gasteiger partial charge is 0.323 e. The Balaban J connectivity index is 2.72. The third kappa shape index (κ3) is 4.55. The zero-order valence-electron chi connectivity index (χ0n) is 11.4. The fraction of sp³-hybridized carbons (Fsp3) is 0.538. The third-order valence-corrected chi connectivity index (χ3v) is 3.77. The number of hydrogen-bond donors (Lipinski definition) is 2. The van der Waals surface area contributed by atoms with Gasteiger partial charge in [-0.1, -0.05) is 13.0 Å². The van der Waals surface area contributed by atoms with Crippen molar-refractivity contribution in [3.05, 3.63) is 22.4 Å². The van der Waals surface area contributed by atoms with Gasteiger partial charge >= 0.3 is 12.0 Å². The predicted molar refractivity (Wildman–Crippen MR) is 75.4 cm³/mol. The molecule has 1 rings (SSSR count). The molecule has 0 aromatic carbocycles. The van der Waals surface area contributed by atoms with Crippen molar-refractivity contribution in [2.45, 2.75) is 39.3 Å². The van der Waals surface area contributed by atoms with E-state index in [2.05, 4.69) is 5.32 Å². The molecule has 1 atom stereocenters. The summed E-state index contributed by atoms with van der Waals surface area (Å²) >= 11 is 1.58. The van der Waals surface area contributed by atoms with Crippen LogP contribution in [0.2, 0.25) is 0 Å². The van der Waals surface area contributed by atoms with Gasteiger partial charge in [0.1, 0.15) is 6.54 Å². The van der Waals surface area contributed by atoms with Crippen LogP contribution in [0.1, 0.15) is 38.1 Å². The lowest BCUT2D eigenvalue weighted by molar-refractivity contribution is -0.138. The van der Waals surface area contributed by atoms with Gasteiger partial charge in [-0.15, -0.1) is 11.3 Å². The van der Waals surface area contributed by atoms with E-state index in [0.29, 0.717) is 0 Å². The van der Waals surface area contributed by atoms with E-state index >= 15 is 0 Å². The van der Waals surface area contributed by atoms with Crippen molar-refractivity contribution in [1.82, 2.24) is 10.2 Å². The SMILES string of the molecule is CCC(NC(=O)N(CC(=O)O)C(C)C)c1cccs1. The molecule has 1 aromatic heterocycles. The summed E-state index contributed by atoms with van der Waals surface area (Å²) < 4.78 is 0. The number of urea groups is 1. The summed E-state index contributed by atoms with van der Waals surface area (Å²) in [6.07, 6.45) is 0.769. The second-order valence-electron chi connectivity index (χ2n) is 4.54. The number of thiophene rings is 1. The van der Waals surface area contributed by atoms with Gasteiger partial charge in [0.15, 0.2) is 0 Å². The van der Waals surface area contributed by atoms with Gasteiger partial charge in [0.2, 0.25) is 0 Å². The Hall–Kier alpha value is -1.56. The van der Waals surface area contributed by atoms with Crippen molar-refractivity contribution in [3.63, 3.8) is 0 Å². The number of nitrogens with zero attached hydrogens (tertiary/aromatic N) is 1. The average molecular weight is 284 g/mol. The lowest BCUT2D eigenvalue weighted by Crippen LogP contribution is -2.47. The molecule has 0 fully saturated rings. The number of carbonyl (C=O) groups is 2. The molecule has 1 unspecified atom stereocenters. The van der Waals surface area contributed by atoms with Crippen LogP contribution in [-0.4, -0.2) is 34.6 Å². The number of nitrogens with one attached hydrogen (secondary N) is 1. The molecule has 0 aliphatic heterocycles. The molecule has 106 valence electrons. The van der Waals surface area contributed by atoms with E-state index in [9.17, 15) is 9.59 Å². The van der Waals surface area contributed by atoms with Gasteiger partial charge in [0.05, 0.1) is 6.04 Å². The van der Waals surface area contributed by atoms with Gasteiger partial charge in [-0.3, -0.25) is 4.79 Å². The highest BCUT2D eigenvalue weighted by Gasteiger charge is 2.22. The number of carbonyl (C=O) groups excluding carboxylic acids is 1. The highest BCUT2D eigenvalue weighted by molar-refractivity contribution is 7.10.